The monoisotopic (exact) mass is 601 g/mol. The SMILES string of the molecule is CC/C=C\C/C=C\C/C=C\C/C=C\C/C=C\CCCC(=O)OC(CO)COCCCCCCCCCCCCCCCC. The van der Waals surface area contributed by atoms with Crippen molar-refractivity contribution in [3.05, 3.63) is 60.8 Å². The smallest absolute Gasteiger partial charge is 0.306 e. The van der Waals surface area contributed by atoms with E-state index < -0.39 is 6.10 Å². The third kappa shape index (κ3) is 34.4. The van der Waals surface area contributed by atoms with E-state index in [9.17, 15) is 9.90 Å². The fourth-order valence-electron chi connectivity index (χ4n) is 4.72. The maximum absolute atomic E-state index is 12.1. The Kier molecular flexibility index (Phi) is 34.7. The Morgan fingerprint density at radius 1 is 0.581 bits per heavy atom. The molecular formula is C39H68O4. The minimum atomic E-state index is -0.562. The van der Waals surface area contributed by atoms with E-state index in [1.54, 1.807) is 0 Å². The number of ether oxygens (including phenoxy) is 2. The van der Waals surface area contributed by atoms with Gasteiger partial charge in [0.15, 0.2) is 0 Å². The maximum Gasteiger partial charge on any atom is 0.306 e. The molecule has 4 nitrogen and oxygen atoms in total. The second-order valence-electron chi connectivity index (χ2n) is 11.6. The molecular weight excluding hydrogens is 532 g/mol. The summed E-state index contributed by atoms with van der Waals surface area (Å²) in [5.74, 6) is -0.258. The lowest BCUT2D eigenvalue weighted by Crippen LogP contribution is -2.27. The van der Waals surface area contributed by atoms with Gasteiger partial charge in [-0.25, -0.2) is 0 Å². The minimum Gasteiger partial charge on any atom is -0.457 e. The van der Waals surface area contributed by atoms with Gasteiger partial charge in [-0.2, -0.15) is 0 Å². The molecule has 0 aromatic rings. The summed E-state index contributed by atoms with van der Waals surface area (Å²) in [6.45, 7) is 5.17. The Bertz CT molecular complexity index is 719. The van der Waals surface area contributed by atoms with Crippen LogP contribution in [0.3, 0.4) is 0 Å². The highest BCUT2D eigenvalue weighted by Crippen LogP contribution is 2.13. The molecule has 0 aliphatic rings. The third-order valence-electron chi connectivity index (χ3n) is 7.36. The highest BCUT2D eigenvalue weighted by atomic mass is 16.6. The van der Waals surface area contributed by atoms with E-state index in [2.05, 4.69) is 74.6 Å². The number of carbonyl (C=O) groups excluding carboxylic acids is 1. The molecule has 0 amide bonds. The molecule has 0 heterocycles. The van der Waals surface area contributed by atoms with Crippen molar-refractivity contribution >= 4 is 5.97 Å². The zero-order valence-corrected chi connectivity index (χ0v) is 28.2. The van der Waals surface area contributed by atoms with Crippen molar-refractivity contribution in [3.8, 4) is 0 Å². The van der Waals surface area contributed by atoms with Gasteiger partial charge in [-0.1, -0.05) is 158 Å². The second kappa shape index (κ2) is 36.3. The molecule has 1 unspecified atom stereocenters. The summed E-state index contributed by atoms with van der Waals surface area (Å²) < 4.78 is 11.1. The zero-order valence-electron chi connectivity index (χ0n) is 28.2. The average molecular weight is 601 g/mol. The van der Waals surface area contributed by atoms with Gasteiger partial charge in [0.25, 0.3) is 0 Å². The predicted octanol–water partition coefficient (Wildman–Crippen LogP) is 11.3. The van der Waals surface area contributed by atoms with Crippen LogP contribution in [-0.4, -0.2) is 37.0 Å². The van der Waals surface area contributed by atoms with Crippen LogP contribution in [0.25, 0.3) is 0 Å². The quantitative estimate of drug-likeness (QED) is 0.0474. The molecule has 0 aliphatic carbocycles. The number of aliphatic hydroxyl groups excluding tert-OH is 1. The number of hydrogen-bond acceptors (Lipinski definition) is 4. The van der Waals surface area contributed by atoms with Crippen LogP contribution in [0, 0.1) is 0 Å². The van der Waals surface area contributed by atoms with Gasteiger partial charge >= 0.3 is 5.97 Å². The molecule has 0 aromatic heterocycles. The van der Waals surface area contributed by atoms with Gasteiger partial charge in [-0.15, -0.1) is 0 Å². The molecule has 248 valence electrons. The van der Waals surface area contributed by atoms with Crippen LogP contribution in [0.4, 0.5) is 0 Å². The number of esters is 1. The van der Waals surface area contributed by atoms with Crippen molar-refractivity contribution in [3.63, 3.8) is 0 Å². The molecule has 1 N–H and O–H groups in total. The third-order valence-corrected chi connectivity index (χ3v) is 7.36. The molecule has 1 atom stereocenters. The number of allylic oxidation sites excluding steroid dienone is 10. The van der Waals surface area contributed by atoms with Gasteiger partial charge in [0.05, 0.1) is 13.2 Å². The van der Waals surface area contributed by atoms with Crippen molar-refractivity contribution in [2.75, 3.05) is 19.8 Å². The van der Waals surface area contributed by atoms with E-state index in [0.717, 1.165) is 51.4 Å². The summed E-state index contributed by atoms with van der Waals surface area (Å²) in [4.78, 5) is 12.1. The van der Waals surface area contributed by atoms with E-state index in [-0.39, 0.29) is 19.2 Å². The Labute approximate surface area is 266 Å². The first-order valence-electron chi connectivity index (χ1n) is 17.9. The molecule has 0 bridgehead atoms. The van der Waals surface area contributed by atoms with Gasteiger partial charge in [0.1, 0.15) is 6.10 Å². The van der Waals surface area contributed by atoms with Crippen LogP contribution < -0.4 is 0 Å². The average Bonchev–Trinajstić information content (AvgIpc) is 3.01. The summed E-state index contributed by atoms with van der Waals surface area (Å²) in [7, 11) is 0. The maximum atomic E-state index is 12.1. The van der Waals surface area contributed by atoms with E-state index in [1.165, 1.54) is 83.5 Å². The Morgan fingerprint density at radius 2 is 1.02 bits per heavy atom. The topological polar surface area (TPSA) is 55.8 Å². The molecule has 0 radical (unpaired) electrons. The van der Waals surface area contributed by atoms with Crippen LogP contribution in [0.1, 0.15) is 155 Å². The number of aliphatic hydroxyl groups is 1. The predicted molar refractivity (Wildman–Crippen MR) is 186 cm³/mol. The molecule has 0 spiro atoms. The highest BCUT2D eigenvalue weighted by molar-refractivity contribution is 5.69. The van der Waals surface area contributed by atoms with Crippen LogP contribution in [0.2, 0.25) is 0 Å². The van der Waals surface area contributed by atoms with Crippen LogP contribution in [-0.2, 0) is 14.3 Å². The molecule has 0 fully saturated rings. The fourth-order valence-corrected chi connectivity index (χ4v) is 4.72. The van der Waals surface area contributed by atoms with Crippen LogP contribution in [0.5, 0.6) is 0 Å². The molecule has 4 heteroatoms. The van der Waals surface area contributed by atoms with Gasteiger partial charge < -0.3 is 14.6 Å². The fraction of sp³-hybridized carbons (Fsp3) is 0.718. The summed E-state index contributed by atoms with van der Waals surface area (Å²) in [6, 6.07) is 0. The standard InChI is InChI=1S/C39H68O4/c1-3-5-7-9-11-13-15-17-19-20-21-22-24-26-28-30-32-34-39(41)43-38(36-40)37-42-35-33-31-29-27-25-23-18-16-14-12-10-8-6-4-2/h5,7,11,13,17,19,21-22,26,28,38,40H,3-4,6,8-10,12,14-16,18,20,23-25,27,29-37H2,1-2H3/b7-5-,13-11-,19-17-,22-21-,28-26-. The first-order valence-corrected chi connectivity index (χ1v) is 17.9. The molecule has 0 aliphatic heterocycles. The van der Waals surface area contributed by atoms with Crippen molar-refractivity contribution in [1.82, 2.24) is 0 Å². The first-order chi connectivity index (χ1) is 21.2. The van der Waals surface area contributed by atoms with E-state index in [1.807, 2.05) is 0 Å². The summed E-state index contributed by atoms with van der Waals surface area (Å²) in [6.07, 6.45) is 46.9. The van der Waals surface area contributed by atoms with Crippen LogP contribution in [0.15, 0.2) is 60.8 Å². The Morgan fingerprint density at radius 3 is 1.49 bits per heavy atom. The second-order valence-corrected chi connectivity index (χ2v) is 11.6. The molecule has 0 saturated heterocycles. The van der Waals surface area contributed by atoms with Gasteiger partial charge in [-0.05, 0) is 51.4 Å². The first kappa shape index (κ1) is 41.1. The van der Waals surface area contributed by atoms with E-state index in [4.69, 9.17) is 9.47 Å². The van der Waals surface area contributed by atoms with Crippen molar-refractivity contribution in [1.29, 1.82) is 0 Å². The number of unbranched alkanes of at least 4 members (excludes halogenated alkanes) is 14. The van der Waals surface area contributed by atoms with Crippen molar-refractivity contribution < 1.29 is 19.4 Å². The lowest BCUT2D eigenvalue weighted by atomic mass is 10.0. The van der Waals surface area contributed by atoms with Crippen molar-refractivity contribution in [2.45, 2.75) is 161 Å². The number of carbonyl (C=O) groups is 1. The summed E-state index contributed by atoms with van der Waals surface area (Å²) in [5, 5.41) is 9.54. The largest absolute Gasteiger partial charge is 0.457 e. The molecule has 43 heavy (non-hydrogen) atoms. The van der Waals surface area contributed by atoms with Crippen LogP contribution >= 0.6 is 0 Å². The van der Waals surface area contributed by atoms with Gasteiger partial charge in [-0.3, -0.25) is 4.79 Å². The normalized spacial score (nSPS) is 13.1. The molecule has 0 aromatic carbocycles. The summed E-state index contributed by atoms with van der Waals surface area (Å²) >= 11 is 0. The lowest BCUT2D eigenvalue weighted by Gasteiger charge is -2.15. The Balaban J connectivity index is 3.58. The van der Waals surface area contributed by atoms with Gasteiger partial charge in [0, 0.05) is 13.0 Å². The number of hydrogen-bond donors (Lipinski definition) is 1. The number of rotatable bonds is 32. The Hall–Kier alpha value is -1.91. The molecule has 0 rings (SSSR count). The van der Waals surface area contributed by atoms with Gasteiger partial charge in [0.2, 0.25) is 0 Å². The van der Waals surface area contributed by atoms with Crippen molar-refractivity contribution in [2.24, 2.45) is 0 Å². The highest BCUT2D eigenvalue weighted by Gasteiger charge is 2.13. The summed E-state index contributed by atoms with van der Waals surface area (Å²) in [5.41, 5.74) is 0. The lowest BCUT2D eigenvalue weighted by molar-refractivity contribution is -0.154. The van der Waals surface area contributed by atoms with E-state index >= 15 is 0 Å². The zero-order chi connectivity index (χ0) is 31.3. The van der Waals surface area contributed by atoms with E-state index in [0.29, 0.717) is 13.0 Å². The minimum absolute atomic E-state index is 0.195. The molecule has 0 saturated carbocycles.